The van der Waals surface area contributed by atoms with E-state index in [0.29, 0.717) is 12.8 Å². The summed E-state index contributed by atoms with van der Waals surface area (Å²) in [7, 11) is -5.39. The van der Waals surface area contributed by atoms with Crippen molar-refractivity contribution in [2.24, 2.45) is 0 Å². The van der Waals surface area contributed by atoms with Crippen LogP contribution in [0.25, 0.3) is 0 Å². The highest BCUT2D eigenvalue weighted by atomic mass is 31.2. The van der Waals surface area contributed by atoms with Crippen molar-refractivity contribution >= 4 is 13.7 Å². The van der Waals surface area contributed by atoms with Crippen molar-refractivity contribution in [1.82, 2.24) is 5.32 Å². The third kappa shape index (κ3) is 29.9. The van der Waals surface area contributed by atoms with Crippen molar-refractivity contribution in [2.75, 3.05) is 13.2 Å². The minimum Gasteiger partial charge on any atom is -0.394 e. The molecule has 1 heterocycles. The number of hydrogen-bond acceptors (Lipinski definition) is 16. The first-order chi connectivity index (χ1) is 36.1. The average Bonchev–Trinajstić information content (AvgIpc) is 3.39. The Morgan fingerprint density at radius 1 is 0.493 bits per heavy atom. The molecule has 12 N–H and O–H groups in total. The Labute approximate surface area is 451 Å². The van der Waals surface area contributed by atoms with E-state index in [-0.39, 0.29) is 12.8 Å². The van der Waals surface area contributed by atoms with E-state index in [1.165, 1.54) is 161 Å². The highest BCUT2D eigenvalue weighted by molar-refractivity contribution is 7.47. The second-order valence-corrected chi connectivity index (χ2v) is 23.4. The number of hydrogen-bond donors (Lipinski definition) is 12. The number of phosphoric acid groups is 1. The normalized spacial score (nSPS) is 27.2. The van der Waals surface area contributed by atoms with Crippen molar-refractivity contribution in [3.8, 4) is 0 Å². The summed E-state index contributed by atoms with van der Waals surface area (Å²) in [5.74, 6) is -0.805. The molecule has 1 aliphatic heterocycles. The summed E-state index contributed by atoms with van der Waals surface area (Å²) in [6.45, 7) is 2.81. The number of nitrogens with one attached hydrogen (secondary N) is 1. The van der Waals surface area contributed by atoms with Gasteiger partial charge in [0.25, 0.3) is 0 Å². The van der Waals surface area contributed by atoms with Crippen LogP contribution in [0.2, 0.25) is 0 Å². The Hall–Kier alpha value is -0.900. The van der Waals surface area contributed by atoms with Gasteiger partial charge in [0.2, 0.25) is 5.91 Å². The maximum Gasteiger partial charge on any atom is 0.472 e. The van der Waals surface area contributed by atoms with E-state index in [2.05, 4.69) is 19.2 Å². The van der Waals surface area contributed by atoms with Gasteiger partial charge in [-0.05, 0) is 12.8 Å². The van der Waals surface area contributed by atoms with Gasteiger partial charge in [0.15, 0.2) is 6.29 Å². The molecule has 2 aliphatic rings. The van der Waals surface area contributed by atoms with Crippen molar-refractivity contribution in [3.05, 3.63) is 0 Å². The topological polar surface area (TPSA) is 306 Å². The molecule has 0 spiro atoms. The minimum atomic E-state index is -5.39. The summed E-state index contributed by atoms with van der Waals surface area (Å²) in [5, 5.41) is 108. The van der Waals surface area contributed by atoms with E-state index in [4.69, 9.17) is 18.5 Å². The van der Waals surface area contributed by atoms with Gasteiger partial charge in [0, 0.05) is 0 Å². The third-order valence-electron chi connectivity index (χ3n) is 15.4. The van der Waals surface area contributed by atoms with Gasteiger partial charge < -0.3 is 70.7 Å². The molecule has 0 bridgehead atoms. The van der Waals surface area contributed by atoms with Crippen LogP contribution in [0.15, 0.2) is 0 Å². The lowest BCUT2D eigenvalue weighted by atomic mass is 9.84. The van der Waals surface area contributed by atoms with Crippen LogP contribution in [0.4, 0.5) is 0 Å². The van der Waals surface area contributed by atoms with Gasteiger partial charge in [-0.2, -0.15) is 0 Å². The van der Waals surface area contributed by atoms with Crippen LogP contribution in [0.3, 0.4) is 0 Å². The molecule has 15 unspecified atom stereocenters. The van der Waals surface area contributed by atoms with Gasteiger partial charge in [0.1, 0.15) is 67.1 Å². The number of aliphatic hydroxyl groups is 10. The van der Waals surface area contributed by atoms with Gasteiger partial charge in [0.05, 0.1) is 25.4 Å². The van der Waals surface area contributed by atoms with Crippen LogP contribution < -0.4 is 5.32 Å². The van der Waals surface area contributed by atoms with Gasteiger partial charge in [-0.15, -0.1) is 0 Å². The van der Waals surface area contributed by atoms with Crippen molar-refractivity contribution in [3.63, 3.8) is 0 Å². The summed E-state index contributed by atoms with van der Waals surface area (Å²) >= 11 is 0. The van der Waals surface area contributed by atoms with Gasteiger partial charge in [-0.3, -0.25) is 13.8 Å². The van der Waals surface area contributed by atoms with Crippen molar-refractivity contribution in [1.29, 1.82) is 0 Å². The smallest absolute Gasteiger partial charge is 0.394 e. The fourth-order valence-corrected chi connectivity index (χ4v) is 11.3. The molecule has 0 radical (unpaired) electrons. The van der Waals surface area contributed by atoms with Gasteiger partial charge in [-0.1, -0.05) is 239 Å². The Bertz CT molecular complexity index is 1420. The standard InChI is InChI=1S/C56H110NO17P/c1-3-5-7-9-11-13-15-17-18-19-20-21-22-23-24-25-27-29-31-33-35-37-39-44(60)55(68)57-42(43(59)38-36-34-32-30-28-26-16-14-12-10-8-6-4-2)41-71-75(69,70)74-54-51(66)49(64)48(63)50(65)53(54)73-56-52(67)47(62)46(61)45(40-58)72-56/h42-54,56,58-67H,3-41H2,1-2H3,(H,57,68)(H,69,70). The number of unbranched alkanes of at least 4 members (excludes halogenated alkanes) is 33. The van der Waals surface area contributed by atoms with Crippen LogP contribution >= 0.6 is 7.82 Å². The lowest BCUT2D eigenvalue weighted by Gasteiger charge is -2.47. The van der Waals surface area contributed by atoms with Crippen LogP contribution in [0.5, 0.6) is 0 Å². The number of carbonyl (C=O) groups excluding carboxylic acids is 1. The average molecular weight is 1100 g/mol. The van der Waals surface area contributed by atoms with Crippen LogP contribution in [-0.4, -0.2) is 161 Å². The molecule has 75 heavy (non-hydrogen) atoms. The number of ether oxygens (including phenoxy) is 2. The first-order valence-corrected chi connectivity index (χ1v) is 31.6. The molecule has 0 aromatic heterocycles. The Morgan fingerprint density at radius 2 is 0.840 bits per heavy atom. The zero-order chi connectivity index (χ0) is 55.3. The molecular formula is C56H110NO17P. The van der Waals surface area contributed by atoms with E-state index in [1.54, 1.807) is 0 Å². The molecule has 0 aromatic carbocycles. The summed E-state index contributed by atoms with van der Waals surface area (Å²) in [6.07, 6.45) is 17.5. The molecule has 0 aromatic rings. The molecule has 19 heteroatoms. The number of rotatable bonds is 48. The second kappa shape index (κ2) is 42.9. The maximum atomic E-state index is 13.6. The number of aliphatic hydroxyl groups excluding tert-OH is 10. The Balaban J connectivity index is 1.86. The second-order valence-electron chi connectivity index (χ2n) is 22.0. The molecule has 2 fully saturated rings. The highest BCUT2D eigenvalue weighted by Crippen LogP contribution is 2.48. The first kappa shape index (κ1) is 70.2. The number of carbonyl (C=O) groups is 1. The highest BCUT2D eigenvalue weighted by Gasteiger charge is 2.55. The van der Waals surface area contributed by atoms with Crippen LogP contribution in [-0.2, 0) is 27.9 Å². The van der Waals surface area contributed by atoms with Gasteiger partial charge in [-0.25, -0.2) is 4.57 Å². The molecule has 2 rings (SSSR count). The van der Waals surface area contributed by atoms with Crippen LogP contribution in [0, 0.1) is 0 Å². The van der Waals surface area contributed by atoms with Crippen molar-refractivity contribution in [2.45, 2.75) is 337 Å². The summed E-state index contributed by atoms with van der Waals surface area (Å²) in [5.41, 5.74) is 0. The Morgan fingerprint density at radius 3 is 1.23 bits per heavy atom. The molecule has 446 valence electrons. The molecule has 18 nitrogen and oxygen atoms in total. The summed E-state index contributed by atoms with van der Waals surface area (Å²) in [6, 6.07) is -1.31. The fourth-order valence-electron chi connectivity index (χ4n) is 10.3. The van der Waals surface area contributed by atoms with E-state index >= 15 is 0 Å². The largest absolute Gasteiger partial charge is 0.472 e. The van der Waals surface area contributed by atoms with Crippen LogP contribution in [0.1, 0.15) is 251 Å². The van der Waals surface area contributed by atoms with E-state index in [1.807, 2.05) is 0 Å². The number of amides is 1. The maximum absolute atomic E-state index is 13.6. The fraction of sp³-hybridized carbons (Fsp3) is 0.982. The monoisotopic (exact) mass is 1100 g/mol. The number of phosphoric ester groups is 1. The van der Waals surface area contributed by atoms with Crippen molar-refractivity contribution < 1.29 is 83.8 Å². The Kier molecular flexibility index (Phi) is 40.2. The SMILES string of the molecule is CCCCCCCCCCCCCCCCCCCCCCCCC(O)C(=O)NC(COP(=O)(O)OC1C(O)C(O)C(O)C(O)C1OC1OC(CO)C(O)C(O)C1O)C(O)CCCCCCCCCCCCCCC. The van der Waals surface area contributed by atoms with E-state index < -0.39 is 113 Å². The summed E-state index contributed by atoms with van der Waals surface area (Å²) in [4.78, 5) is 24.3. The summed E-state index contributed by atoms with van der Waals surface area (Å²) < 4.78 is 34.9. The van der Waals surface area contributed by atoms with Gasteiger partial charge >= 0.3 is 7.82 Å². The first-order valence-electron chi connectivity index (χ1n) is 30.1. The molecule has 1 saturated carbocycles. The van der Waals surface area contributed by atoms with E-state index in [0.717, 1.165) is 51.4 Å². The molecule has 1 amide bonds. The lowest BCUT2D eigenvalue weighted by molar-refractivity contribution is -0.338. The molecular weight excluding hydrogens is 990 g/mol. The minimum absolute atomic E-state index is 0.168. The zero-order valence-corrected chi connectivity index (χ0v) is 47.4. The van der Waals surface area contributed by atoms with E-state index in [9.17, 15) is 65.3 Å². The predicted octanol–water partition coefficient (Wildman–Crippen LogP) is 7.81. The molecule has 1 aliphatic carbocycles. The molecule has 1 saturated heterocycles. The molecule has 15 atom stereocenters. The predicted molar refractivity (Wildman–Crippen MR) is 289 cm³/mol. The quantitative estimate of drug-likeness (QED) is 0.0204. The lowest BCUT2D eigenvalue weighted by Crippen LogP contribution is -2.67. The third-order valence-corrected chi connectivity index (χ3v) is 16.4. The zero-order valence-electron chi connectivity index (χ0n) is 46.5.